The number of hydrogen-bond donors (Lipinski definition) is 0. The Hall–Kier alpha value is -0.510. The van der Waals surface area contributed by atoms with Crippen LogP contribution >= 0.6 is 24.8 Å². The maximum Gasteiger partial charge on any atom is 0.137 e. The van der Waals surface area contributed by atoms with Gasteiger partial charge in [0.05, 0.1) is 6.20 Å². The van der Waals surface area contributed by atoms with Crippen molar-refractivity contribution in [1.82, 2.24) is 9.88 Å². The first-order chi connectivity index (χ1) is 8.81. The van der Waals surface area contributed by atoms with Crippen LogP contribution < -0.4 is 4.74 Å². The van der Waals surface area contributed by atoms with E-state index in [4.69, 9.17) is 4.74 Å². The van der Waals surface area contributed by atoms with Crippen LogP contribution in [0, 0.1) is 0 Å². The number of hydrogen-bond acceptors (Lipinski definition) is 3. The molecule has 1 fully saturated rings. The molecule has 1 aliphatic heterocycles. The van der Waals surface area contributed by atoms with Gasteiger partial charge in [0.15, 0.2) is 0 Å². The van der Waals surface area contributed by atoms with Crippen LogP contribution in [0.4, 0.5) is 0 Å². The maximum atomic E-state index is 5.81. The number of likely N-dealkylation sites (N-methyl/N-ethyl adjacent to an activating group) is 1. The second kappa shape index (κ2) is 10.3. The molecule has 1 aliphatic rings. The Labute approximate surface area is 134 Å². The number of likely N-dealkylation sites (tertiary alicyclic amines) is 1. The lowest BCUT2D eigenvalue weighted by Gasteiger charge is -2.25. The SMILES string of the molecule is CCCC[C@H]1CCC(COc2cccnc2)N1C.Cl.Cl. The Kier molecular flexibility index (Phi) is 9.99. The molecule has 1 aromatic heterocycles. The van der Waals surface area contributed by atoms with Crippen molar-refractivity contribution in [3.8, 4) is 5.75 Å². The lowest BCUT2D eigenvalue weighted by Crippen LogP contribution is -2.36. The van der Waals surface area contributed by atoms with Crippen molar-refractivity contribution in [3.05, 3.63) is 24.5 Å². The molecule has 2 atom stereocenters. The number of ether oxygens (including phenoxy) is 1. The van der Waals surface area contributed by atoms with Crippen molar-refractivity contribution in [3.63, 3.8) is 0 Å². The molecule has 116 valence electrons. The maximum absolute atomic E-state index is 5.81. The molecular formula is C15H26Cl2N2O. The highest BCUT2D eigenvalue weighted by molar-refractivity contribution is 5.85. The van der Waals surface area contributed by atoms with E-state index in [0.717, 1.165) is 18.4 Å². The highest BCUT2D eigenvalue weighted by atomic mass is 35.5. The Morgan fingerprint density at radius 1 is 1.30 bits per heavy atom. The molecule has 0 N–H and O–H groups in total. The standard InChI is InChI=1S/C15H24N2O.2ClH/c1-3-4-6-13-8-9-14(17(13)2)12-18-15-7-5-10-16-11-15;;/h5,7,10-11,13-14H,3-4,6,8-9,12H2,1-2H3;2*1H/t13-,14?;;/m0../s1. The van der Waals surface area contributed by atoms with E-state index < -0.39 is 0 Å². The summed E-state index contributed by atoms with van der Waals surface area (Å²) < 4.78 is 5.81. The summed E-state index contributed by atoms with van der Waals surface area (Å²) in [4.78, 5) is 6.57. The minimum absolute atomic E-state index is 0. The molecule has 0 spiro atoms. The monoisotopic (exact) mass is 320 g/mol. The molecule has 0 aliphatic carbocycles. The van der Waals surface area contributed by atoms with E-state index in [1.165, 1.54) is 32.1 Å². The summed E-state index contributed by atoms with van der Waals surface area (Å²) in [7, 11) is 2.24. The fraction of sp³-hybridized carbons (Fsp3) is 0.667. The minimum atomic E-state index is 0. The molecule has 1 saturated heterocycles. The van der Waals surface area contributed by atoms with Gasteiger partial charge in [0.25, 0.3) is 0 Å². The van der Waals surface area contributed by atoms with Gasteiger partial charge in [-0.25, -0.2) is 0 Å². The summed E-state index contributed by atoms with van der Waals surface area (Å²) >= 11 is 0. The molecule has 5 heteroatoms. The zero-order valence-corrected chi connectivity index (χ0v) is 14.0. The summed E-state index contributed by atoms with van der Waals surface area (Å²) in [5, 5.41) is 0. The smallest absolute Gasteiger partial charge is 0.137 e. The summed E-state index contributed by atoms with van der Waals surface area (Å²) in [6.07, 6.45) is 10.1. The second-order valence-electron chi connectivity index (χ2n) is 5.19. The first-order valence-electron chi connectivity index (χ1n) is 7.06. The Balaban J connectivity index is 0.00000180. The second-order valence-corrected chi connectivity index (χ2v) is 5.19. The van der Waals surface area contributed by atoms with E-state index in [-0.39, 0.29) is 24.8 Å². The predicted molar refractivity (Wildman–Crippen MR) is 88.3 cm³/mol. The lowest BCUT2D eigenvalue weighted by molar-refractivity contribution is 0.163. The Bertz CT molecular complexity index is 351. The van der Waals surface area contributed by atoms with E-state index in [1.807, 2.05) is 12.1 Å². The summed E-state index contributed by atoms with van der Waals surface area (Å²) in [5.41, 5.74) is 0. The quantitative estimate of drug-likeness (QED) is 0.793. The zero-order chi connectivity index (χ0) is 12.8. The molecule has 2 heterocycles. The van der Waals surface area contributed by atoms with Gasteiger partial charge in [-0.15, -0.1) is 24.8 Å². The molecule has 0 amide bonds. The zero-order valence-electron chi connectivity index (χ0n) is 12.3. The van der Waals surface area contributed by atoms with Gasteiger partial charge in [0.1, 0.15) is 12.4 Å². The van der Waals surface area contributed by atoms with Crippen molar-refractivity contribution < 1.29 is 4.74 Å². The molecule has 0 aromatic carbocycles. The molecule has 0 radical (unpaired) electrons. The molecule has 0 saturated carbocycles. The van der Waals surface area contributed by atoms with Crippen LogP contribution in [0.5, 0.6) is 5.75 Å². The summed E-state index contributed by atoms with van der Waals surface area (Å²) in [6.45, 7) is 3.04. The number of halogens is 2. The van der Waals surface area contributed by atoms with Gasteiger partial charge in [-0.05, 0) is 38.4 Å². The van der Waals surface area contributed by atoms with E-state index in [2.05, 4.69) is 23.9 Å². The fourth-order valence-corrected chi connectivity index (χ4v) is 2.70. The normalized spacial score (nSPS) is 21.9. The summed E-state index contributed by atoms with van der Waals surface area (Å²) in [5.74, 6) is 0.878. The van der Waals surface area contributed by atoms with Crippen LogP contribution in [0.3, 0.4) is 0 Å². The van der Waals surface area contributed by atoms with Crippen LogP contribution in [0.15, 0.2) is 24.5 Å². The van der Waals surface area contributed by atoms with Gasteiger partial charge in [0.2, 0.25) is 0 Å². The van der Waals surface area contributed by atoms with Crippen LogP contribution in [-0.4, -0.2) is 35.6 Å². The topological polar surface area (TPSA) is 25.4 Å². The molecule has 1 aromatic rings. The van der Waals surface area contributed by atoms with Crippen LogP contribution in [-0.2, 0) is 0 Å². The molecule has 1 unspecified atom stereocenters. The third-order valence-electron chi connectivity index (χ3n) is 3.95. The Morgan fingerprint density at radius 3 is 2.70 bits per heavy atom. The third kappa shape index (κ3) is 5.47. The van der Waals surface area contributed by atoms with Crippen molar-refractivity contribution in [2.75, 3.05) is 13.7 Å². The van der Waals surface area contributed by atoms with Gasteiger partial charge < -0.3 is 4.74 Å². The van der Waals surface area contributed by atoms with Crippen LogP contribution in [0.1, 0.15) is 39.0 Å². The number of pyridine rings is 1. The number of rotatable bonds is 6. The average Bonchev–Trinajstić information content (AvgIpc) is 2.76. The van der Waals surface area contributed by atoms with E-state index >= 15 is 0 Å². The number of aromatic nitrogens is 1. The van der Waals surface area contributed by atoms with Crippen molar-refractivity contribution in [2.24, 2.45) is 0 Å². The molecule has 2 rings (SSSR count). The lowest BCUT2D eigenvalue weighted by atomic mass is 10.1. The van der Waals surface area contributed by atoms with Crippen molar-refractivity contribution in [1.29, 1.82) is 0 Å². The van der Waals surface area contributed by atoms with E-state index in [9.17, 15) is 0 Å². The van der Waals surface area contributed by atoms with Gasteiger partial charge in [-0.2, -0.15) is 0 Å². The van der Waals surface area contributed by atoms with E-state index in [1.54, 1.807) is 12.4 Å². The molecular weight excluding hydrogens is 295 g/mol. The van der Waals surface area contributed by atoms with Crippen LogP contribution in [0.2, 0.25) is 0 Å². The van der Waals surface area contributed by atoms with Crippen molar-refractivity contribution >= 4 is 24.8 Å². The Morgan fingerprint density at radius 2 is 2.05 bits per heavy atom. The van der Waals surface area contributed by atoms with Gasteiger partial charge >= 0.3 is 0 Å². The number of unbranched alkanes of at least 4 members (excludes halogenated alkanes) is 1. The minimum Gasteiger partial charge on any atom is -0.490 e. The van der Waals surface area contributed by atoms with Crippen molar-refractivity contribution in [2.45, 2.75) is 51.1 Å². The first-order valence-corrected chi connectivity index (χ1v) is 7.06. The molecule has 20 heavy (non-hydrogen) atoms. The molecule has 3 nitrogen and oxygen atoms in total. The predicted octanol–water partition coefficient (Wildman–Crippen LogP) is 3.96. The largest absolute Gasteiger partial charge is 0.490 e. The average molecular weight is 321 g/mol. The van der Waals surface area contributed by atoms with Gasteiger partial charge in [-0.1, -0.05) is 19.8 Å². The first kappa shape index (κ1) is 19.5. The number of nitrogens with zero attached hydrogens (tertiary/aromatic N) is 2. The highest BCUT2D eigenvalue weighted by Crippen LogP contribution is 2.26. The summed E-state index contributed by atoms with van der Waals surface area (Å²) in [6, 6.07) is 5.20. The van der Waals surface area contributed by atoms with Gasteiger partial charge in [-0.3, -0.25) is 9.88 Å². The highest BCUT2D eigenvalue weighted by Gasteiger charge is 2.30. The fourth-order valence-electron chi connectivity index (χ4n) is 2.70. The van der Waals surface area contributed by atoms with Gasteiger partial charge in [0, 0.05) is 18.3 Å². The molecule has 0 bridgehead atoms. The third-order valence-corrected chi connectivity index (χ3v) is 3.95. The van der Waals surface area contributed by atoms with Crippen LogP contribution in [0.25, 0.3) is 0 Å². The van der Waals surface area contributed by atoms with E-state index in [0.29, 0.717) is 6.04 Å².